The number of aliphatic carboxylic acids is 2. The molecule has 1 saturated carbocycles. The van der Waals surface area contributed by atoms with E-state index in [1.54, 1.807) is 7.11 Å². The van der Waals surface area contributed by atoms with Crippen LogP contribution in [0.1, 0.15) is 69.0 Å². The molecule has 2 unspecified atom stereocenters. The molecule has 1 aromatic heterocycles. The number of methoxy groups -OCH3 is 1. The molecule has 0 radical (unpaired) electrons. The lowest BCUT2D eigenvalue weighted by Gasteiger charge is -2.45. The maximum atomic E-state index is 13.1. The number of carbonyl (C=O) groups is 3. The first-order valence-electron chi connectivity index (χ1n) is 13.8. The van der Waals surface area contributed by atoms with Crippen LogP contribution in [-0.2, 0) is 30.3 Å². The molecular weight excluding hydrogens is 500 g/mol. The van der Waals surface area contributed by atoms with Gasteiger partial charge >= 0.3 is 17.9 Å². The molecule has 0 spiro atoms. The van der Waals surface area contributed by atoms with Crippen molar-refractivity contribution in [3.05, 3.63) is 47.7 Å². The molecule has 212 valence electrons. The fourth-order valence-electron chi connectivity index (χ4n) is 6.46. The van der Waals surface area contributed by atoms with Gasteiger partial charge in [-0.05, 0) is 76.6 Å². The normalized spacial score (nSPS) is 26.6. The molecule has 2 aromatic rings. The topological polar surface area (TPSA) is 118 Å². The SMILES string of the molecule is COC1CCC(OC(=O)[C@@H]2CC3c4cccc5c4c(cn5C(C)C)CC3N(C)C2)CC1.O=C(O)/C=C\C(=O)O. The Kier molecular flexibility index (Phi) is 9.12. The molecule has 0 bridgehead atoms. The lowest BCUT2D eigenvalue weighted by atomic mass is 9.72. The summed E-state index contributed by atoms with van der Waals surface area (Å²) in [5.74, 6) is -2.17. The summed E-state index contributed by atoms with van der Waals surface area (Å²) >= 11 is 0. The van der Waals surface area contributed by atoms with Crippen LogP contribution in [0.15, 0.2) is 36.5 Å². The molecule has 0 amide bonds. The highest BCUT2D eigenvalue weighted by Gasteiger charge is 2.42. The first-order valence-corrected chi connectivity index (χ1v) is 13.8. The van der Waals surface area contributed by atoms with E-state index in [0.29, 0.717) is 36.3 Å². The second-order valence-electron chi connectivity index (χ2n) is 11.2. The van der Waals surface area contributed by atoms with Crippen LogP contribution in [-0.4, -0.2) is 76.5 Å². The summed E-state index contributed by atoms with van der Waals surface area (Å²) in [7, 11) is 3.96. The Morgan fingerprint density at radius 1 is 1.03 bits per heavy atom. The van der Waals surface area contributed by atoms with Crippen molar-refractivity contribution in [1.82, 2.24) is 9.47 Å². The number of likely N-dealkylation sites (N-methyl/N-ethyl adjacent to an activating group) is 1. The number of carboxylic acid groups (broad SMARTS) is 2. The highest BCUT2D eigenvalue weighted by molar-refractivity contribution is 5.90. The average molecular weight is 541 g/mol. The molecule has 2 fully saturated rings. The second kappa shape index (κ2) is 12.3. The summed E-state index contributed by atoms with van der Waals surface area (Å²) in [5, 5.41) is 17.1. The van der Waals surface area contributed by atoms with E-state index in [1.165, 1.54) is 22.0 Å². The number of carbonyl (C=O) groups excluding carboxylic acids is 1. The highest BCUT2D eigenvalue weighted by Crippen LogP contribution is 2.45. The molecule has 1 aliphatic heterocycles. The summed E-state index contributed by atoms with van der Waals surface area (Å²) in [5.41, 5.74) is 4.22. The van der Waals surface area contributed by atoms with Crippen LogP contribution in [0, 0.1) is 5.92 Å². The molecule has 2 heterocycles. The van der Waals surface area contributed by atoms with Crippen LogP contribution >= 0.6 is 0 Å². The maximum absolute atomic E-state index is 13.1. The third-order valence-corrected chi connectivity index (χ3v) is 8.37. The number of nitrogens with zero attached hydrogens (tertiary/aromatic N) is 2. The molecule has 2 aliphatic carbocycles. The van der Waals surface area contributed by atoms with Gasteiger partial charge in [-0.2, -0.15) is 0 Å². The first-order chi connectivity index (χ1) is 18.6. The van der Waals surface area contributed by atoms with Gasteiger partial charge in [0, 0.05) is 60.9 Å². The predicted octanol–water partition coefficient (Wildman–Crippen LogP) is 4.39. The number of hydrogen-bond acceptors (Lipinski definition) is 6. The zero-order chi connectivity index (χ0) is 28.3. The molecule has 3 aliphatic rings. The number of rotatable bonds is 6. The van der Waals surface area contributed by atoms with Crippen molar-refractivity contribution in [2.45, 2.75) is 82.6 Å². The van der Waals surface area contributed by atoms with Crippen LogP contribution < -0.4 is 0 Å². The predicted molar refractivity (Wildman–Crippen MR) is 147 cm³/mol. The van der Waals surface area contributed by atoms with Crippen molar-refractivity contribution in [1.29, 1.82) is 0 Å². The Morgan fingerprint density at radius 3 is 2.26 bits per heavy atom. The summed E-state index contributed by atoms with van der Waals surface area (Å²) < 4.78 is 13.9. The molecule has 5 rings (SSSR count). The van der Waals surface area contributed by atoms with Crippen molar-refractivity contribution in [3.63, 3.8) is 0 Å². The van der Waals surface area contributed by atoms with Gasteiger partial charge < -0.3 is 29.2 Å². The van der Waals surface area contributed by atoms with Crippen LogP contribution in [0.25, 0.3) is 10.9 Å². The van der Waals surface area contributed by atoms with Crippen molar-refractivity contribution >= 4 is 28.8 Å². The summed E-state index contributed by atoms with van der Waals surface area (Å²) in [6.07, 6.45) is 9.64. The lowest BCUT2D eigenvalue weighted by Crippen LogP contribution is -2.50. The van der Waals surface area contributed by atoms with Crippen LogP contribution in [0.5, 0.6) is 0 Å². The van der Waals surface area contributed by atoms with Gasteiger partial charge in [-0.3, -0.25) is 4.79 Å². The van der Waals surface area contributed by atoms with Crippen molar-refractivity contribution in [2.75, 3.05) is 20.7 Å². The molecule has 1 aromatic carbocycles. The number of likely N-dealkylation sites (tertiary alicyclic amines) is 1. The average Bonchev–Trinajstić information content (AvgIpc) is 3.29. The molecule has 1 saturated heterocycles. The lowest BCUT2D eigenvalue weighted by molar-refractivity contribution is -0.159. The smallest absolute Gasteiger partial charge is 0.328 e. The number of carboxylic acids is 2. The van der Waals surface area contributed by atoms with Gasteiger partial charge in [0.25, 0.3) is 0 Å². The number of piperidine rings is 1. The number of ether oxygens (including phenoxy) is 2. The van der Waals surface area contributed by atoms with Gasteiger partial charge in [0.1, 0.15) is 6.10 Å². The fraction of sp³-hybridized carbons (Fsp3) is 0.567. The van der Waals surface area contributed by atoms with Crippen LogP contribution in [0.4, 0.5) is 0 Å². The standard InChI is InChI=1S/C26H36N2O3.C4H4O4/c1-16(2)28-15-17-13-24-22(21-6-5-7-23(28)25(17)21)12-18(14-27(24)3)26(29)31-20-10-8-19(30-4)9-11-20;5-3(6)1-2-4(7)8/h5-7,15-16,18-20,22,24H,8-14H2,1-4H3;1-2H,(H,5,6)(H,7,8)/b;2-1-/t18-,19?,20?,22?,24?;/m1./s1. The van der Waals surface area contributed by atoms with Gasteiger partial charge in [0.2, 0.25) is 0 Å². The van der Waals surface area contributed by atoms with E-state index < -0.39 is 11.9 Å². The zero-order valence-corrected chi connectivity index (χ0v) is 23.2. The van der Waals surface area contributed by atoms with E-state index in [2.05, 4.69) is 54.8 Å². The minimum Gasteiger partial charge on any atom is -0.478 e. The van der Waals surface area contributed by atoms with Gasteiger partial charge in [-0.25, -0.2) is 9.59 Å². The zero-order valence-electron chi connectivity index (χ0n) is 23.2. The van der Waals surface area contributed by atoms with Crippen molar-refractivity contribution in [2.24, 2.45) is 5.92 Å². The number of esters is 1. The Morgan fingerprint density at radius 2 is 1.67 bits per heavy atom. The first kappa shape index (κ1) is 28.8. The van der Waals surface area contributed by atoms with Crippen LogP contribution in [0.3, 0.4) is 0 Å². The van der Waals surface area contributed by atoms with Crippen molar-refractivity contribution < 1.29 is 34.1 Å². The molecule has 3 atom stereocenters. The Labute approximate surface area is 229 Å². The molecule has 2 N–H and O–H groups in total. The second-order valence-corrected chi connectivity index (χ2v) is 11.2. The highest BCUT2D eigenvalue weighted by atomic mass is 16.5. The fourth-order valence-corrected chi connectivity index (χ4v) is 6.46. The Balaban J connectivity index is 0.000000386. The van der Waals surface area contributed by atoms with Crippen molar-refractivity contribution in [3.8, 4) is 0 Å². The number of aromatic nitrogens is 1. The Bertz CT molecular complexity index is 1210. The number of benzene rings is 1. The maximum Gasteiger partial charge on any atom is 0.328 e. The third kappa shape index (κ3) is 6.53. The van der Waals surface area contributed by atoms with Gasteiger partial charge in [-0.1, -0.05) is 12.1 Å². The van der Waals surface area contributed by atoms with Crippen LogP contribution in [0.2, 0.25) is 0 Å². The molecule has 39 heavy (non-hydrogen) atoms. The van der Waals surface area contributed by atoms with E-state index in [1.807, 2.05) is 0 Å². The van der Waals surface area contributed by atoms with E-state index in [0.717, 1.165) is 45.1 Å². The van der Waals surface area contributed by atoms with Gasteiger partial charge in [0.15, 0.2) is 0 Å². The quantitative estimate of drug-likeness (QED) is 0.409. The summed E-state index contributed by atoms with van der Waals surface area (Å²) in [4.78, 5) is 34.7. The summed E-state index contributed by atoms with van der Waals surface area (Å²) in [6, 6.07) is 7.64. The molecule has 9 heteroatoms. The van der Waals surface area contributed by atoms with E-state index in [-0.39, 0.29) is 18.0 Å². The molecular formula is C30H40N2O7. The minimum absolute atomic E-state index is 0.00360. The summed E-state index contributed by atoms with van der Waals surface area (Å²) in [6.45, 7) is 5.29. The number of fused-ring (bicyclic) bond motifs is 2. The monoisotopic (exact) mass is 540 g/mol. The Hall–Kier alpha value is -3.17. The van der Waals surface area contributed by atoms with E-state index in [4.69, 9.17) is 19.7 Å². The van der Waals surface area contributed by atoms with Gasteiger partial charge in [0.05, 0.1) is 12.0 Å². The van der Waals surface area contributed by atoms with E-state index >= 15 is 0 Å². The number of hydrogen-bond donors (Lipinski definition) is 2. The minimum atomic E-state index is -1.26. The van der Waals surface area contributed by atoms with E-state index in [9.17, 15) is 14.4 Å². The third-order valence-electron chi connectivity index (χ3n) is 8.37. The largest absolute Gasteiger partial charge is 0.478 e. The van der Waals surface area contributed by atoms with Gasteiger partial charge in [-0.15, -0.1) is 0 Å². The molecule has 9 nitrogen and oxygen atoms in total.